The molecule has 0 spiro atoms. The first-order valence-corrected chi connectivity index (χ1v) is 5.05. The van der Waals surface area contributed by atoms with Crippen molar-refractivity contribution in [1.29, 1.82) is 5.26 Å². The Morgan fingerprint density at radius 1 is 1.37 bits per heavy atom. The smallest absolute Gasteiger partial charge is 0.417 e. The molecule has 1 aromatic carbocycles. The third-order valence-corrected chi connectivity index (χ3v) is 2.20. The van der Waals surface area contributed by atoms with Crippen LogP contribution in [-0.4, -0.2) is 14.8 Å². The van der Waals surface area contributed by atoms with Crippen LogP contribution in [0.4, 0.5) is 13.2 Å². The number of nitriles is 1. The largest absolute Gasteiger partial charge is 0.423 e. The molecule has 0 aliphatic rings. The van der Waals surface area contributed by atoms with Gasteiger partial charge < -0.3 is 4.74 Å². The number of aromatic nitrogens is 3. The Morgan fingerprint density at radius 2 is 2.11 bits per heavy atom. The van der Waals surface area contributed by atoms with Gasteiger partial charge in [-0.2, -0.15) is 23.4 Å². The Bertz CT molecular complexity index is 642. The maximum absolute atomic E-state index is 12.6. The highest BCUT2D eigenvalue weighted by molar-refractivity contribution is 5.45. The molecule has 0 aliphatic heterocycles. The monoisotopic (exact) mass is 268 g/mol. The van der Waals surface area contributed by atoms with Gasteiger partial charge in [0, 0.05) is 7.05 Å². The Balaban J connectivity index is 2.32. The van der Waals surface area contributed by atoms with Crippen molar-refractivity contribution in [2.75, 3.05) is 0 Å². The van der Waals surface area contributed by atoms with Gasteiger partial charge in [-0.15, -0.1) is 5.10 Å². The van der Waals surface area contributed by atoms with Gasteiger partial charge in [0.2, 0.25) is 0 Å². The van der Waals surface area contributed by atoms with E-state index in [4.69, 9.17) is 10.00 Å². The summed E-state index contributed by atoms with van der Waals surface area (Å²) in [5, 5.41) is 12.5. The van der Waals surface area contributed by atoms with Crippen LogP contribution in [-0.2, 0) is 13.2 Å². The van der Waals surface area contributed by atoms with E-state index >= 15 is 0 Å². The first-order chi connectivity index (χ1) is 8.90. The molecule has 0 atom stereocenters. The van der Waals surface area contributed by atoms with Crippen LogP contribution < -0.4 is 4.74 Å². The molecule has 1 aromatic heterocycles. The van der Waals surface area contributed by atoms with Crippen LogP contribution in [0.15, 0.2) is 24.5 Å². The first-order valence-electron chi connectivity index (χ1n) is 5.05. The van der Waals surface area contributed by atoms with Crippen molar-refractivity contribution in [3.8, 4) is 17.8 Å². The molecule has 0 N–H and O–H groups in total. The molecule has 8 heteroatoms. The predicted octanol–water partition coefficient (Wildman–Crippen LogP) is 2.50. The number of halogens is 3. The third kappa shape index (κ3) is 2.82. The number of benzene rings is 1. The molecule has 19 heavy (non-hydrogen) atoms. The highest BCUT2D eigenvalue weighted by Gasteiger charge is 2.33. The molecule has 1 heterocycles. The molecule has 0 aliphatic carbocycles. The average Bonchev–Trinajstić information content (AvgIpc) is 2.73. The van der Waals surface area contributed by atoms with Crippen molar-refractivity contribution in [2.24, 2.45) is 7.05 Å². The summed E-state index contributed by atoms with van der Waals surface area (Å²) < 4.78 is 44.3. The standard InChI is InChI=1S/C11H7F3N4O/c1-18-6-16-10(17-18)19-8-2-3-9(11(12,13)14)7(4-8)5-15/h2-4,6H,1H3. The summed E-state index contributed by atoms with van der Waals surface area (Å²) in [6, 6.07) is 4.38. The van der Waals surface area contributed by atoms with Gasteiger partial charge in [0.25, 0.3) is 0 Å². The lowest BCUT2D eigenvalue weighted by atomic mass is 10.1. The molecule has 0 unspecified atom stereocenters. The van der Waals surface area contributed by atoms with Gasteiger partial charge in [-0.1, -0.05) is 0 Å². The van der Waals surface area contributed by atoms with E-state index in [2.05, 4.69) is 10.1 Å². The van der Waals surface area contributed by atoms with Crippen molar-refractivity contribution in [1.82, 2.24) is 14.8 Å². The van der Waals surface area contributed by atoms with Gasteiger partial charge >= 0.3 is 12.2 Å². The van der Waals surface area contributed by atoms with E-state index in [1.165, 1.54) is 17.1 Å². The van der Waals surface area contributed by atoms with Crippen molar-refractivity contribution < 1.29 is 17.9 Å². The molecule has 2 aromatic rings. The van der Waals surface area contributed by atoms with Crippen molar-refractivity contribution in [3.63, 3.8) is 0 Å². The van der Waals surface area contributed by atoms with E-state index in [9.17, 15) is 13.2 Å². The molecular weight excluding hydrogens is 261 g/mol. The Labute approximate surface area is 105 Å². The minimum Gasteiger partial charge on any atom is -0.423 e. The Morgan fingerprint density at radius 3 is 2.63 bits per heavy atom. The number of alkyl halides is 3. The molecule has 2 rings (SSSR count). The molecule has 0 radical (unpaired) electrons. The zero-order chi connectivity index (χ0) is 14.0. The zero-order valence-corrected chi connectivity index (χ0v) is 9.64. The lowest BCUT2D eigenvalue weighted by Crippen LogP contribution is -2.07. The number of nitrogens with zero attached hydrogens (tertiary/aromatic N) is 4. The second kappa shape index (κ2) is 4.61. The first kappa shape index (κ1) is 12.9. The van der Waals surface area contributed by atoms with E-state index in [0.717, 1.165) is 18.2 Å². The van der Waals surface area contributed by atoms with Crippen molar-refractivity contribution in [3.05, 3.63) is 35.7 Å². The van der Waals surface area contributed by atoms with Crippen LogP contribution in [0.2, 0.25) is 0 Å². The predicted molar refractivity (Wildman–Crippen MR) is 57.2 cm³/mol. The Hall–Kier alpha value is -2.56. The molecule has 0 saturated heterocycles. The van der Waals surface area contributed by atoms with E-state index < -0.39 is 17.3 Å². The lowest BCUT2D eigenvalue weighted by Gasteiger charge is -2.09. The Kier molecular flexibility index (Phi) is 3.12. The molecule has 5 nitrogen and oxygen atoms in total. The average molecular weight is 268 g/mol. The van der Waals surface area contributed by atoms with Crippen LogP contribution >= 0.6 is 0 Å². The minimum atomic E-state index is -4.58. The van der Waals surface area contributed by atoms with Crippen LogP contribution in [0.3, 0.4) is 0 Å². The van der Waals surface area contributed by atoms with Crippen LogP contribution in [0, 0.1) is 11.3 Å². The van der Waals surface area contributed by atoms with Crippen molar-refractivity contribution in [2.45, 2.75) is 6.18 Å². The minimum absolute atomic E-state index is 0.00820. The summed E-state index contributed by atoms with van der Waals surface area (Å²) in [5.41, 5.74) is -1.52. The topological polar surface area (TPSA) is 63.7 Å². The summed E-state index contributed by atoms with van der Waals surface area (Å²) >= 11 is 0. The van der Waals surface area contributed by atoms with Gasteiger partial charge in [0.1, 0.15) is 12.1 Å². The van der Waals surface area contributed by atoms with Gasteiger partial charge in [0.05, 0.1) is 17.2 Å². The fraction of sp³-hybridized carbons (Fsp3) is 0.182. The van der Waals surface area contributed by atoms with E-state index in [-0.39, 0.29) is 11.8 Å². The van der Waals surface area contributed by atoms with Crippen LogP contribution in [0.1, 0.15) is 11.1 Å². The summed E-state index contributed by atoms with van der Waals surface area (Å²) in [6.07, 6.45) is -3.20. The highest BCUT2D eigenvalue weighted by Crippen LogP contribution is 2.34. The van der Waals surface area contributed by atoms with E-state index in [1.807, 2.05) is 0 Å². The fourth-order valence-corrected chi connectivity index (χ4v) is 1.40. The highest BCUT2D eigenvalue weighted by atomic mass is 19.4. The molecule has 0 saturated carbocycles. The second-order valence-corrected chi connectivity index (χ2v) is 3.62. The molecular formula is C11H7F3N4O. The quantitative estimate of drug-likeness (QED) is 0.839. The van der Waals surface area contributed by atoms with Gasteiger partial charge in [-0.25, -0.2) is 0 Å². The van der Waals surface area contributed by atoms with E-state index in [1.54, 1.807) is 7.05 Å². The SMILES string of the molecule is Cn1cnc(Oc2ccc(C(F)(F)F)c(C#N)c2)n1. The van der Waals surface area contributed by atoms with Crippen molar-refractivity contribution >= 4 is 0 Å². The summed E-state index contributed by atoms with van der Waals surface area (Å²) in [7, 11) is 1.62. The van der Waals surface area contributed by atoms with Gasteiger partial charge in [-0.05, 0) is 18.2 Å². The normalized spacial score (nSPS) is 11.1. The number of hydrogen-bond donors (Lipinski definition) is 0. The molecule has 0 bridgehead atoms. The number of rotatable bonds is 2. The number of aryl methyl sites for hydroxylation is 1. The molecule has 0 amide bonds. The lowest BCUT2D eigenvalue weighted by molar-refractivity contribution is -0.137. The van der Waals surface area contributed by atoms with Gasteiger partial charge in [0.15, 0.2) is 0 Å². The summed E-state index contributed by atoms with van der Waals surface area (Å²) in [5.74, 6) is 0.0655. The van der Waals surface area contributed by atoms with Crippen LogP contribution in [0.5, 0.6) is 11.8 Å². The summed E-state index contributed by atoms with van der Waals surface area (Å²) in [4.78, 5) is 3.76. The summed E-state index contributed by atoms with van der Waals surface area (Å²) in [6.45, 7) is 0. The second-order valence-electron chi connectivity index (χ2n) is 3.62. The third-order valence-electron chi connectivity index (χ3n) is 2.20. The number of ether oxygens (including phenoxy) is 1. The fourth-order valence-electron chi connectivity index (χ4n) is 1.40. The van der Waals surface area contributed by atoms with Crippen LogP contribution in [0.25, 0.3) is 0 Å². The molecule has 0 fully saturated rings. The maximum atomic E-state index is 12.6. The maximum Gasteiger partial charge on any atom is 0.417 e. The van der Waals surface area contributed by atoms with E-state index in [0.29, 0.717) is 0 Å². The zero-order valence-electron chi connectivity index (χ0n) is 9.64. The van der Waals surface area contributed by atoms with Gasteiger partial charge in [-0.3, -0.25) is 4.68 Å². The number of hydrogen-bond acceptors (Lipinski definition) is 4. The molecule has 98 valence electrons.